The molecule has 0 spiro atoms. The normalized spacial score (nSPS) is 8.88. The predicted octanol–water partition coefficient (Wildman–Crippen LogP) is 7.19. The second kappa shape index (κ2) is 28.5. The van der Waals surface area contributed by atoms with Crippen molar-refractivity contribution in [1.82, 2.24) is 0 Å². The molecule has 0 unspecified atom stereocenters. The van der Waals surface area contributed by atoms with Crippen molar-refractivity contribution in [1.29, 1.82) is 0 Å². The molecule has 8 heteroatoms. The molecule has 0 aliphatic heterocycles. The monoisotopic (exact) mass is 858 g/mol. The minimum absolute atomic E-state index is 0. The summed E-state index contributed by atoms with van der Waals surface area (Å²) in [5.41, 5.74) is 0. The van der Waals surface area contributed by atoms with E-state index in [-0.39, 0.29) is 68.6 Å². The van der Waals surface area contributed by atoms with E-state index in [1.807, 2.05) is 0 Å². The van der Waals surface area contributed by atoms with Gasteiger partial charge in [-0.05, 0) is 47.7 Å². The van der Waals surface area contributed by atoms with E-state index in [0.29, 0.717) is 0 Å². The maximum Gasteiger partial charge on any atom is 0.290 e. The van der Waals surface area contributed by atoms with Crippen LogP contribution in [0, 0.1) is 14.9 Å². The van der Waals surface area contributed by atoms with Crippen LogP contribution in [-0.4, -0.2) is 23.2 Å². The fourth-order valence-corrected chi connectivity index (χ4v) is 8.97. The number of hydrogen-bond acceptors (Lipinski definition) is 2. The molecule has 0 aliphatic carbocycles. The molecule has 48 heavy (non-hydrogen) atoms. The Balaban J connectivity index is 0. The van der Waals surface area contributed by atoms with E-state index in [2.05, 4.69) is 182 Å². The molecule has 0 atom stereocenters. The maximum atomic E-state index is 8.36. The second-order valence-electron chi connectivity index (χ2n) is 8.89. The Bertz CT molecular complexity index is 1290. The molecule has 0 amide bonds. The van der Waals surface area contributed by atoms with Crippen molar-refractivity contribution in [2.24, 2.45) is 0 Å². The SMILES string of the molecule is O=CO.O=CO.[CH3-].[CH3-].[Pd].[Pd].c1ccc(P(c2ccccc2)c2ccccc2)cc1.c1ccc(P(c2ccccc2)c2ccccc2)cc1. The first-order valence-corrected chi connectivity index (χ1v) is 16.5. The van der Waals surface area contributed by atoms with Crippen LogP contribution in [0.25, 0.3) is 0 Å². The third kappa shape index (κ3) is 15.6. The average Bonchev–Trinajstić information content (AvgIpc) is 3.09. The smallest absolute Gasteiger partial charge is 0.290 e. The molecule has 0 aromatic heterocycles. The van der Waals surface area contributed by atoms with E-state index in [4.69, 9.17) is 19.8 Å². The van der Waals surface area contributed by atoms with Crippen LogP contribution in [0.4, 0.5) is 0 Å². The van der Waals surface area contributed by atoms with Crippen molar-refractivity contribution in [3.05, 3.63) is 197 Å². The Labute approximate surface area is 316 Å². The number of carbonyl (C=O) groups is 2. The van der Waals surface area contributed by atoms with Gasteiger partial charge in [-0.15, -0.1) is 0 Å². The molecular weight excluding hydrogens is 819 g/mol. The van der Waals surface area contributed by atoms with Crippen molar-refractivity contribution in [3.8, 4) is 0 Å². The van der Waals surface area contributed by atoms with Gasteiger partial charge in [0, 0.05) is 40.8 Å². The molecule has 2 N–H and O–H groups in total. The van der Waals surface area contributed by atoms with Gasteiger partial charge in [-0.2, -0.15) is 0 Å². The van der Waals surface area contributed by atoms with E-state index >= 15 is 0 Å². The topological polar surface area (TPSA) is 74.6 Å². The Kier molecular flexibility index (Phi) is 27.6. The zero-order valence-electron chi connectivity index (χ0n) is 26.7. The molecule has 4 nitrogen and oxygen atoms in total. The van der Waals surface area contributed by atoms with Gasteiger partial charge in [0.2, 0.25) is 0 Å². The molecule has 6 aromatic rings. The van der Waals surface area contributed by atoms with Crippen LogP contribution in [0.15, 0.2) is 182 Å². The zero-order valence-corrected chi connectivity index (χ0v) is 31.6. The van der Waals surface area contributed by atoms with Gasteiger partial charge in [-0.1, -0.05) is 182 Å². The fourth-order valence-electron chi connectivity index (χ4n) is 4.36. The quantitative estimate of drug-likeness (QED) is 0.0806. The molecule has 6 aromatic carbocycles. The number of carboxylic acid groups (broad SMARTS) is 2. The Hall–Kier alpha value is -3.56. The van der Waals surface area contributed by atoms with Crippen molar-refractivity contribution in [2.45, 2.75) is 0 Å². The van der Waals surface area contributed by atoms with Crippen LogP contribution < -0.4 is 31.8 Å². The largest absolute Gasteiger partial charge is 0.483 e. The second-order valence-corrected chi connectivity index (χ2v) is 13.3. The molecule has 256 valence electrons. The summed E-state index contributed by atoms with van der Waals surface area (Å²) in [5, 5.41) is 22.2. The molecule has 0 radical (unpaired) electrons. The molecule has 6 rings (SSSR count). The Morgan fingerprint density at radius 3 is 0.521 bits per heavy atom. The minimum Gasteiger partial charge on any atom is -0.483 e. The van der Waals surface area contributed by atoms with Gasteiger partial charge >= 0.3 is 0 Å². The van der Waals surface area contributed by atoms with Gasteiger partial charge in [0.15, 0.2) is 0 Å². The van der Waals surface area contributed by atoms with Crippen LogP contribution >= 0.6 is 15.8 Å². The van der Waals surface area contributed by atoms with Crippen molar-refractivity contribution >= 4 is 60.6 Å². The van der Waals surface area contributed by atoms with Crippen LogP contribution in [0.5, 0.6) is 0 Å². The van der Waals surface area contributed by atoms with E-state index in [1.165, 1.54) is 31.8 Å². The fraction of sp³-hybridized carbons (Fsp3) is 0. The van der Waals surface area contributed by atoms with Crippen molar-refractivity contribution in [3.63, 3.8) is 0 Å². The summed E-state index contributed by atoms with van der Waals surface area (Å²) in [4.78, 5) is 16.7. The summed E-state index contributed by atoms with van der Waals surface area (Å²) < 4.78 is 0. The van der Waals surface area contributed by atoms with Crippen LogP contribution in [0.2, 0.25) is 0 Å². The third-order valence-corrected chi connectivity index (χ3v) is 11.0. The van der Waals surface area contributed by atoms with Gasteiger partial charge in [-0.3, -0.25) is 9.59 Å². The summed E-state index contributed by atoms with van der Waals surface area (Å²) in [7, 11) is -0.892. The van der Waals surface area contributed by atoms with Crippen LogP contribution in [-0.2, 0) is 50.4 Å². The molecule has 0 bridgehead atoms. The molecule has 0 fully saturated rings. The first-order chi connectivity index (χ1) is 21.7. The predicted molar refractivity (Wildman–Crippen MR) is 201 cm³/mol. The standard InChI is InChI=1S/2C18H15P.2CH2O2.2CH3.2Pd/c2*1-4-10-16(11-5-1)19(17-12-6-2-7-13-17)18-14-8-3-9-15-18;2*2-1-3;;;;/h2*1-15H;2*1H,(H,2,3);2*1H3;;/q;;;;2*-1;;. The zero-order chi connectivity index (χ0) is 31.2. The van der Waals surface area contributed by atoms with E-state index in [9.17, 15) is 0 Å². The summed E-state index contributed by atoms with van der Waals surface area (Å²) in [6.07, 6.45) is 0. The van der Waals surface area contributed by atoms with E-state index in [1.54, 1.807) is 0 Å². The van der Waals surface area contributed by atoms with Gasteiger partial charge in [-0.25, -0.2) is 0 Å². The minimum atomic E-state index is -0.446. The Morgan fingerprint density at radius 2 is 0.417 bits per heavy atom. The first kappa shape index (κ1) is 46.6. The molecule has 0 aliphatic rings. The first-order valence-electron chi connectivity index (χ1n) is 13.8. The Morgan fingerprint density at radius 1 is 0.312 bits per heavy atom. The molecule has 0 heterocycles. The van der Waals surface area contributed by atoms with Crippen LogP contribution in [0.3, 0.4) is 0 Å². The van der Waals surface area contributed by atoms with Gasteiger partial charge in [0.05, 0.1) is 0 Å². The number of hydrogen-bond donors (Lipinski definition) is 2. The average molecular weight is 860 g/mol. The summed E-state index contributed by atoms with van der Waals surface area (Å²) in [6, 6.07) is 64.7. The maximum absolute atomic E-state index is 8.36. The summed E-state index contributed by atoms with van der Waals surface area (Å²) in [6.45, 7) is -0.500. The summed E-state index contributed by atoms with van der Waals surface area (Å²) >= 11 is 0. The number of rotatable bonds is 6. The van der Waals surface area contributed by atoms with Gasteiger partial charge < -0.3 is 25.1 Å². The van der Waals surface area contributed by atoms with Gasteiger partial charge in [0.25, 0.3) is 12.9 Å². The molecular formula is C40H40O4P2Pd2-2. The van der Waals surface area contributed by atoms with Crippen molar-refractivity contribution < 1.29 is 60.6 Å². The molecule has 0 saturated heterocycles. The number of benzene rings is 6. The third-order valence-electron chi connectivity index (χ3n) is 6.09. The summed E-state index contributed by atoms with van der Waals surface area (Å²) in [5.74, 6) is 0. The van der Waals surface area contributed by atoms with Gasteiger partial charge in [0.1, 0.15) is 0 Å². The van der Waals surface area contributed by atoms with Crippen LogP contribution in [0.1, 0.15) is 0 Å². The van der Waals surface area contributed by atoms with E-state index < -0.39 is 15.8 Å². The van der Waals surface area contributed by atoms with E-state index in [0.717, 1.165) is 0 Å². The van der Waals surface area contributed by atoms with Crippen molar-refractivity contribution in [2.75, 3.05) is 0 Å². The molecule has 0 saturated carbocycles.